The number of rotatable bonds is 3. The lowest BCUT2D eigenvalue weighted by molar-refractivity contribution is -0.141. The molecule has 2 aromatic rings. The predicted molar refractivity (Wildman–Crippen MR) is 90.1 cm³/mol. The molecule has 1 aromatic carbocycles. The summed E-state index contributed by atoms with van der Waals surface area (Å²) in [5, 5.41) is 4.90. The van der Waals surface area contributed by atoms with E-state index in [2.05, 4.69) is 20.6 Å². The number of alkyl halides is 6. The number of aromatic nitrogens is 2. The summed E-state index contributed by atoms with van der Waals surface area (Å²) in [6.07, 6.45) is -9.33. The van der Waals surface area contributed by atoms with Crippen LogP contribution in [-0.4, -0.2) is 15.5 Å². The van der Waals surface area contributed by atoms with Gasteiger partial charge in [-0.3, -0.25) is 0 Å². The first-order valence-corrected chi connectivity index (χ1v) is 7.91. The maximum atomic E-state index is 13.1. The summed E-state index contributed by atoms with van der Waals surface area (Å²) in [5.41, 5.74) is -2.84. The molecule has 0 unspecified atom stereocenters. The molecule has 1 heterocycles. The van der Waals surface area contributed by atoms with Crippen molar-refractivity contribution >= 4 is 29.1 Å². The van der Waals surface area contributed by atoms with Crippen LogP contribution in [0.2, 0.25) is 5.02 Å². The average molecular weight is 413 g/mol. The van der Waals surface area contributed by atoms with Crippen LogP contribution in [0, 0.1) is 0 Å². The molecule has 0 amide bonds. The van der Waals surface area contributed by atoms with Gasteiger partial charge in [0.25, 0.3) is 0 Å². The molecule has 1 aromatic heterocycles. The first-order chi connectivity index (χ1) is 12.1. The van der Waals surface area contributed by atoms with Gasteiger partial charge in [0.2, 0.25) is 5.95 Å². The second kappa shape index (κ2) is 7.06. The van der Waals surface area contributed by atoms with Crippen LogP contribution in [0.1, 0.15) is 32.0 Å². The largest absolute Gasteiger partial charge is 0.433 e. The molecule has 0 bridgehead atoms. The molecule has 0 aliphatic heterocycles. The van der Waals surface area contributed by atoms with Gasteiger partial charge >= 0.3 is 12.4 Å². The molecule has 0 saturated heterocycles. The molecule has 0 atom stereocenters. The molecule has 0 fully saturated rings. The lowest BCUT2D eigenvalue weighted by atomic mass is 10.1. The highest BCUT2D eigenvalue weighted by molar-refractivity contribution is 6.33. The zero-order chi connectivity index (χ0) is 20.6. The number of halogens is 7. The van der Waals surface area contributed by atoms with Crippen LogP contribution in [0.3, 0.4) is 0 Å². The average Bonchev–Trinajstić information content (AvgIpc) is 2.45. The molecular weight excluding hydrogens is 398 g/mol. The van der Waals surface area contributed by atoms with Crippen molar-refractivity contribution in [3.63, 3.8) is 0 Å². The van der Waals surface area contributed by atoms with Crippen molar-refractivity contribution in [3.8, 4) is 0 Å². The molecule has 2 N–H and O–H groups in total. The summed E-state index contributed by atoms with van der Waals surface area (Å²) < 4.78 is 77.3. The summed E-state index contributed by atoms with van der Waals surface area (Å²) in [5.74, 6) is -0.561. The minimum atomic E-state index is -4.74. The second-order valence-corrected chi connectivity index (χ2v) is 7.06. The SMILES string of the molecule is CC(C)(C)Nc1nc(Nc2ccc(C(F)(F)F)cc2Cl)cc(C(F)(F)F)n1. The number of hydrogen-bond donors (Lipinski definition) is 2. The van der Waals surface area contributed by atoms with Crippen LogP contribution in [-0.2, 0) is 12.4 Å². The van der Waals surface area contributed by atoms with Gasteiger partial charge in [-0.2, -0.15) is 31.3 Å². The fourth-order valence-corrected chi connectivity index (χ4v) is 2.21. The Balaban J connectivity index is 2.42. The molecule has 11 heteroatoms. The summed E-state index contributed by atoms with van der Waals surface area (Å²) in [6, 6.07) is 3.08. The van der Waals surface area contributed by atoms with Gasteiger partial charge < -0.3 is 10.6 Å². The van der Waals surface area contributed by atoms with Crippen LogP contribution in [0.15, 0.2) is 24.3 Å². The fraction of sp³-hybridized carbons (Fsp3) is 0.375. The van der Waals surface area contributed by atoms with E-state index in [1.807, 2.05) is 0 Å². The monoisotopic (exact) mass is 412 g/mol. The molecule has 0 radical (unpaired) electrons. The van der Waals surface area contributed by atoms with Gasteiger partial charge in [-0.1, -0.05) is 11.6 Å². The maximum Gasteiger partial charge on any atom is 0.433 e. The zero-order valence-electron chi connectivity index (χ0n) is 14.3. The van der Waals surface area contributed by atoms with Crippen molar-refractivity contribution in [2.75, 3.05) is 10.6 Å². The Hall–Kier alpha value is -2.23. The molecule has 27 heavy (non-hydrogen) atoms. The van der Waals surface area contributed by atoms with Gasteiger partial charge in [-0.05, 0) is 39.0 Å². The Bertz CT molecular complexity index is 827. The normalized spacial score (nSPS) is 12.8. The van der Waals surface area contributed by atoms with Gasteiger partial charge in [0.15, 0.2) is 5.69 Å². The lowest BCUT2D eigenvalue weighted by Crippen LogP contribution is -2.28. The molecular formula is C16H15ClF6N4. The topological polar surface area (TPSA) is 49.8 Å². The number of benzene rings is 1. The summed E-state index contributed by atoms with van der Waals surface area (Å²) in [4.78, 5) is 7.36. The van der Waals surface area contributed by atoms with Gasteiger partial charge in [0, 0.05) is 11.6 Å². The van der Waals surface area contributed by atoms with Crippen LogP contribution in [0.4, 0.5) is 43.8 Å². The fourth-order valence-electron chi connectivity index (χ4n) is 1.98. The summed E-state index contributed by atoms with van der Waals surface area (Å²) in [7, 11) is 0. The van der Waals surface area contributed by atoms with Crippen LogP contribution < -0.4 is 10.6 Å². The maximum absolute atomic E-state index is 13.1. The Morgan fingerprint density at radius 3 is 2.00 bits per heavy atom. The van der Waals surface area contributed by atoms with Crippen LogP contribution >= 0.6 is 11.6 Å². The minimum Gasteiger partial charge on any atom is -0.350 e. The van der Waals surface area contributed by atoms with E-state index >= 15 is 0 Å². The third-order valence-corrected chi connectivity index (χ3v) is 3.38. The molecule has 148 valence electrons. The van der Waals surface area contributed by atoms with Crippen molar-refractivity contribution in [1.29, 1.82) is 0 Å². The van der Waals surface area contributed by atoms with E-state index in [-0.39, 0.29) is 22.5 Å². The molecule has 4 nitrogen and oxygen atoms in total. The molecule has 0 aliphatic rings. The van der Waals surface area contributed by atoms with Gasteiger partial charge in [-0.15, -0.1) is 0 Å². The van der Waals surface area contributed by atoms with Gasteiger partial charge in [0.05, 0.1) is 16.3 Å². The Kier molecular flexibility index (Phi) is 5.51. The Morgan fingerprint density at radius 2 is 1.52 bits per heavy atom. The lowest BCUT2D eigenvalue weighted by Gasteiger charge is -2.22. The molecule has 2 rings (SSSR count). The minimum absolute atomic E-state index is 0.0294. The first kappa shape index (κ1) is 21.1. The number of anilines is 3. The van der Waals surface area contributed by atoms with E-state index in [0.717, 1.165) is 12.1 Å². The Morgan fingerprint density at radius 1 is 0.889 bits per heavy atom. The van der Waals surface area contributed by atoms with Crippen molar-refractivity contribution in [2.45, 2.75) is 38.7 Å². The molecule has 0 spiro atoms. The Labute approximate surface area is 156 Å². The van der Waals surface area contributed by atoms with Crippen molar-refractivity contribution in [3.05, 3.63) is 40.5 Å². The standard InChI is InChI=1S/C16H15ClF6N4/c1-14(2,3)27-13-25-11(16(21,22)23)7-12(26-13)24-10-5-4-8(6-9(10)17)15(18,19)20/h4-7H,1-3H3,(H2,24,25,26,27). The molecule has 0 aliphatic carbocycles. The van der Waals surface area contributed by atoms with Crippen LogP contribution in [0.5, 0.6) is 0 Å². The van der Waals surface area contributed by atoms with Gasteiger partial charge in [-0.25, -0.2) is 4.98 Å². The van der Waals surface area contributed by atoms with E-state index in [0.29, 0.717) is 12.1 Å². The number of nitrogens with one attached hydrogen (secondary N) is 2. The third-order valence-electron chi connectivity index (χ3n) is 3.06. The van der Waals surface area contributed by atoms with Crippen molar-refractivity contribution < 1.29 is 26.3 Å². The van der Waals surface area contributed by atoms with E-state index in [4.69, 9.17) is 11.6 Å². The number of nitrogens with zero attached hydrogens (tertiary/aromatic N) is 2. The summed E-state index contributed by atoms with van der Waals surface area (Å²) in [6.45, 7) is 5.11. The highest BCUT2D eigenvalue weighted by Crippen LogP contribution is 2.35. The van der Waals surface area contributed by atoms with E-state index in [1.165, 1.54) is 0 Å². The van der Waals surface area contributed by atoms with Crippen molar-refractivity contribution in [1.82, 2.24) is 9.97 Å². The third kappa shape index (κ3) is 5.88. The van der Waals surface area contributed by atoms with E-state index in [1.54, 1.807) is 20.8 Å². The zero-order valence-corrected chi connectivity index (χ0v) is 15.1. The first-order valence-electron chi connectivity index (χ1n) is 7.53. The smallest absolute Gasteiger partial charge is 0.350 e. The highest BCUT2D eigenvalue weighted by Gasteiger charge is 2.34. The van der Waals surface area contributed by atoms with Crippen molar-refractivity contribution in [2.24, 2.45) is 0 Å². The van der Waals surface area contributed by atoms with Gasteiger partial charge in [0.1, 0.15) is 5.82 Å². The highest BCUT2D eigenvalue weighted by atomic mass is 35.5. The van der Waals surface area contributed by atoms with E-state index < -0.39 is 29.1 Å². The van der Waals surface area contributed by atoms with Crippen LogP contribution in [0.25, 0.3) is 0 Å². The number of hydrogen-bond acceptors (Lipinski definition) is 4. The molecule has 0 saturated carbocycles. The second-order valence-electron chi connectivity index (χ2n) is 6.65. The summed E-state index contributed by atoms with van der Waals surface area (Å²) >= 11 is 5.82. The predicted octanol–water partition coefficient (Wildman–Crippen LogP) is 6.12. The van der Waals surface area contributed by atoms with E-state index in [9.17, 15) is 26.3 Å². The quantitative estimate of drug-likeness (QED) is 0.596.